The minimum absolute atomic E-state index is 0.188. The van der Waals surface area contributed by atoms with Crippen molar-refractivity contribution in [3.63, 3.8) is 0 Å². The van der Waals surface area contributed by atoms with Crippen LogP contribution in [0.15, 0.2) is 48.5 Å². The molecule has 2 amide bonds. The highest BCUT2D eigenvalue weighted by atomic mass is 16.5. The fraction of sp³-hybridized carbons (Fsp3) is 0.333. The number of hydrazine groups is 1. The number of hydrogen-bond donors (Lipinski definition) is 2. The summed E-state index contributed by atoms with van der Waals surface area (Å²) in [5.41, 5.74) is 6.34. The standard InChI is InChI=1S/C21H26N2O4/c1-4-15(3)16-6-10-19(11-7-16)27-14-20(24)22-23-21(25)17-8-12-18(13-9-17)26-5-2/h6-13,15H,4-5,14H2,1-3H3,(H,22,24)(H,23,25)/t15-/m0/s1. The van der Waals surface area contributed by atoms with Crippen molar-refractivity contribution in [3.8, 4) is 11.5 Å². The van der Waals surface area contributed by atoms with E-state index in [-0.39, 0.29) is 6.61 Å². The van der Waals surface area contributed by atoms with E-state index in [0.717, 1.165) is 6.42 Å². The average molecular weight is 370 g/mol. The summed E-state index contributed by atoms with van der Waals surface area (Å²) in [7, 11) is 0. The molecule has 27 heavy (non-hydrogen) atoms. The number of rotatable bonds is 8. The van der Waals surface area contributed by atoms with Gasteiger partial charge in [0.2, 0.25) is 0 Å². The van der Waals surface area contributed by atoms with E-state index in [4.69, 9.17) is 9.47 Å². The molecule has 0 saturated carbocycles. The van der Waals surface area contributed by atoms with E-state index in [0.29, 0.717) is 29.6 Å². The summed E-state index contributed by atoms with van der Waals surface area (Å²) in [5, 5.41) is 0. The SMILES string of the molecule is CCOc1ccc(C(=O)NNC(=O)COc2ccc([C@@H](C)CC)cc2)cc1. The van der Waals surface area contributed by atoms with Crippen LogP contribution in [0.4, 0.5) is 0 Å². The maximum absolute atomic E-state index is 12.0. The van der Waals surface area contributed by atoms with Crippen LogP contribution in [0.1, 0.15) is 49.0 Å². The molecule has 0 aliphatic rings. The number of ether oxygens (including phenoxy) is 2. The van der Waals surface area contributed by atoms with Gasteiger partial charge in [-0.15, -0.1) is 0 Å². The summed E-state index contributed by atoms with van der Waals surface area (Å²) >= 11 is 0. The first-order valence-corrected chi connectivity index (χ1v) is 9.08. The highest BCUT2D eigenvalue weighted by Gasteiger charge is 2.09. The highest BCUT2D eigenvalue weighted by Crippen LogP contribution is 2.21. The number of benzene rings is 2. The van der Waals surface area contributed by atoms with Crippen molar-refractivity contribution in [2.24, 2.45) is 0 Å². The molecule has 0 aromatic heterocycles. The normalized spacial score (nSPS) is 11.4. The van der Waals surface area contributed by atoms with Crippen molar-refractivity contribution >= 4 is 11.8 Å². The molecule has 6 heteroatoms. The lowest BCUT2D eigenvalue weighted by atomic mass is 9.99. The third-order valence-electron chi connectivity index (χ3n) is 4.17. The fourth-order valence-corrected chi connectivity index (χ4v) is 2.38. The molecule has 0 saturated heterocycles. The quantitative estimate of drug-likeness (QED) is 0.698. The molecule has 6 nitrogen and oxygen atoms in total. The Balaban J connectivity index is 1.76. The van der Waals surface area contributed by atoms with Crippen LogP contribution in [0.25, 0.3) is 0 Å². The zero-order chi connectivity index (χ0) is 19.6. The Morgan fingerprint density at radius 3 is 2.07 bits per heavy atom. The second kappa shape index (κ2) is 10.2. The molecule has 2 aromatic carbocycles. The van der Waals surface area contributed by atoms with Gasteiger partial charge in [0.15, 0.2) is 6.61 Å². The Labute approximate surface area is 159 Å². The van der Waals surface area contributed by atoms with Crippen molar-refractivity contribution in [3.05, 3.63) is 59.7 Å². The van der Waals surface area contributed by atoms with Gasteiger partial charge < -0.3 is 9.47 Å². The van der Waals surface area contributed by atoms with Crippen molar-refractivity contribution in [2.45, 2.75) is 33.1 Å². The molecule has 0 unspecified atom stereocenters. The van der Waals surface area contributed by atoms with Crippen molar-refractivity contribution < 1.29 is 19.1 Å². The second-order valence-electron chi connectivity index (χ2n) is 6.13. The molecular weight excluding hydrogens is 344 g/mol. The van der Waals surface area contributed by atoms with Gasteiger partial charge >= 0.3 is 0 Å². The van der Waals surface area contributed by atoms with Gasteiger partial charge in [-0.25, -0.2) is 0 Å². The predicted molar refractivity (Wildman–Crippen MR) is 104 cm³/mol. The van der Waals surface area contributed by atoms with Gasteiger partial charge in [0, 0.05) is 5.56 Å². The van der Waals surface area contributed by atoms with Crippen LogP contribution in [0.3, 0.4) is 0 Å². The number of amides is 2. The van der Waals surface area contributed by atoms with Crippen LogP contribution in [0.2, 0.25) is 0 Å². The van der Waals surface area contributed by atoms with Gasteiger partial charge in [-0.3, -0.25) is 20.4 Å². The first-order valence-electron chi connectivity index (χ1n) is 9.08. The smallest absolute Gasteiger partial charge is 0.276 e. The van der Waals surface area contributed by atoms with Crippen LogP contribution >= 0.6 is 0 Å². The first-order chi connectivity index (χ1) is 13.0. The third-order valence-corrected chi connectivity index (χ3v) is 4.17. The Morgan fingerprint density at radius 1 is 0.889 bits per heavy atom. The van der Waals surface area contributed by atoms with E-state index < -0.39 is 11.8 Å². The molecule has 0 aliphatic heterocycles. The molecule has 0 radical (unpaired) electrons. The minimum Gasteiger partial charge on any atom is -0.494 e. The largest absolute Gasteiger partial charge is 0.494 e. The number of carbonyl (C=O) groups is 2. The summed E-state index contributed by atoms with van der Waals surface area (Å²) in [4.78, 5) is 23.9. The van der Waals surface area contributed by atoms with Crippen molar-refractivity contribution in [1.29, 1.82) is 0 Å². The maximum atomic E-state index is 12.0. The van der Waals surface area contributed by atoms with Gasteiger partial charge in [0.05, 0.1) is 6.61 Å². The molecule has 0 heterocycles. The van der Waals surface area contributed by atoms with E-state index >= 15 is 0 Å². The first kappa shape index (κ1) is 20.3. The van der Waals surface area contributed by atoms with Crippen molar-refractivity contribution in [1.82, 2.24) is 10.9 Å². The summed E-state index contributed by atoms with van der Waals surface area (Å²) in [6, 6.07) is 14.3. The molecule has 2 aromatic rings. The molecular formula is C21H26N2O4. The molecule has 144 valence electrons. The van der Waals surface area contributed by atoms with Crippen LogP contribution in [0, 0.1) is 0 Å². The molecule has 0 bridgehead atoms. The van der Waals surface area contributed by atoms with E-state index in [1.165, 1.54) is 5.56 Å². The highest BCUT2D eigenvalue weighted by molar-refractivity contribution is 5.95. The van der Waals surface area contributed by atoms with E-state index in [1.54, 1.807) is 24.3 Å². The van der Waals surface area contributed by atoms with Crippen molar-refractivity contribution in [2.75, 3.05) is 13.2 Å². The minimum atomic E-state index is -0.444. The predicted octanol–water partition coefficient (Wildman–Crippen LogP) is 3.44. The molecule has 0 spiro atoms. The van der Waals surface area contributed by atoms with Crippen LogP contribution in [-0.2, 0) is 4.79 Å². The summed E-state index contributed by atoms with van der Waals surface area (Å²) < 4.78 is 10.8. The van der Waals surface area contributed by atoms with Crippen LogP contribution < -0.4 is 20.3 Å². The Hall–Kier alpha value is -3.02. The average Bonchev–Trinajstić information content (AvgIpc) is 2.71. The van der Waals surface area contributed by atoms with Crippen LogP contribution in [0.5, 0.6) is 11.5 Å². The Kier molecular flexibility index (Phi) is 7.67. The van der Waals surface area contributed by atoms with Gasteiger partial charge in [-0.2, -0.15) is 0 Å². The van der Waals surface area contributed by atoms with Gasteiger partial charge in [0.1, 0.15) is 11.5 Å². The zero-order valence-electron chi connectivity index (χ0n) is 16.0. The summed E-state index contributed by atoms with van der Waals surface area (Å²) in [6.45, 7) is 6.56. The topological polar surface area (TPSA) is 76.7 Å². The Bertz CT molecular complexity index is 742. The lowest BCUT2D eigenvalue weighted by Crippen LogP contribution is -2.43. The third kappa shape index (κ3) is 6.33. The number of hydrogen-bond acceptors (Lipinski definition) is 4. The number of carbonyl (C=O) groups excluding carboxylic acids is 2. The van der Waals surface area contributed by atoms with E-state index in [2.05, 4.69) is 24.7 Å². The van der Waals surface area contributed by atoms with Gasteiger partial charge in [0.25, 0.3) is 11.8 Å². The molecule has 0 aliphatic carbocycles. The van der Waals surface area contributed by atoms with E-state index in [9.17, 15) is 9.59 Å². The van der Waals surface area contributed by atoms with Gasteiger partial charge in [-0.1, -0.05) is 26.0 Å². The fourth-order valence-electron chi connectivity index (χ4n) is 2.38. The monoisotopic (exact) mass is 370 g/mol. The second-order valence-corrected chi connectivity index (χ2v) is 6.13. The summed E-state index contributed by atoms with van der Waals surface area (Å²) in [6.07, 6.45) is 1.07. The molecule has 2 N–H and O–H groups in total. The van der Waals surface area contributed by atoms with Gasteiger partial charge in [-0.05, 0) is 61.2 Å². The number of nitrogens with one attached hydrogen (secondary N) is 2. The molecule has 0 fully saturated rings. The van der Waals surface area contributed by atoms with Crippen LogP contribution in [-0.4, -0.2) is 25.0 Å². The lowest BCUT2D eigenvalue weighted by molar-refractivity contribution is -0.123. The molecule has 1 atom stereocenters. The summed E-state index contributed by atoms with van der Waals surface area (Å²) in [5.74, 6) is 0.922. The lowest BCUT2D eigenvalue weighted by Gasteiger charge is -2.11. The maximum Gasteiger partial charge on any atom is 0.276 e. The zero-order valence-corrected chi connectivity index (χ0v) is 16.0. The van der Waals surface area contributed by atoms with E-state index in [1.807, 2.05) is 31.2 Å². The Morgan fingerprint density at radius 2 is 1.48 bits per heavy atom. The molecule has 2 rings (SSSR count).